The van der Waals surface area contributed by atoms with Gasteiger partial charge in [-0.3, -0.25) is 4.79 Å². The average molecular weight is 261 g/mol. The number of hydrogen-bond acceptors (Lipinski definition) is 5. The molecule has 6 nitrogen and oxygen atoms in total. The predicted molar refractivity (Wildman–Crippen MR) is 69.0 cm³/mol. The van der Waals surface area contributed by atoms with Crippen LogP contribution in [0.2, 0.25) is 0 Å². The minimum atomic E-state index is -0.480. The van der Waals surface area contributed by atoms with Crippen molar-refractivity contribution in [3.05, 3.63) is 47.9 Å². The average Bonchev–Trinajstić information content (AvgIpc) is 2.46. The van der Waals surface area contributed by atoms with Gasteiger partial charge in [-0.05, 0) is 24.3 Å². The Morgan fingerprint density at radius 1 is 1.26 bits per heavy atom. The second-order valence-electron chi connectivity index (χ2n) is 3.76. The summed E-state index contributed by atoms with van der Waals surface area (Å²) in [6, 6.07) is 8.97. The van der Waals surface area contributed by atoms with E-state index in [2.05, 4.69) is 15.6 Å². The smallest absolute Gasteiger partial charge is 0.278 e. The largest absolute Gasteiger partial charge is 0.307 e. The van der Waals surface area contributed by atoms with Gasteiger partial charge in [0.2, 0.25) is 0 Å². The number of carbonyl (C=O) groups is 1. The lowest BCUT2D eigenvalue weighted by molar-refractivity contribution is 0.0986. The number of para-hydroxylation sites is 1. The lowest BCUT2D eigenvalue weighted by Gasteiger charge is -2.17. The zero-order chi connectivity index (χ0) is 13.8. The Bertz CT molecular complexity index is 587. The summed E-state index contributed by atoms with van der Waals surface area (Å²) in [5, 5.41) is 7.41. The van der Waals surface area contributed by atoms with Gasteiger partial charge in [0.05, 0.1) is 5.69 Å². The summed E-state index contributed by atoms with van der Waals surface area (Å²) >= 11 is 0. The van der Waals surface area contributed by atoms with Gasteiger partial charge in [0.15, 0.2) is 11.5 Å². The van der Waals surface area contributed by atoms with Crippen LogP contribution in [0.5, 0.6) is 0 Å². The zero-order valence-electron chi connectivity index (χ0n) is 10.2. The first-order valence-electron chi connectivity index (χ1n) is 5.46. The molecule has 98 valence electrons. The Hall–Kier alpha value is -2.54. The Morgan fingerprint density at radius 2 is 2.00 bits per heavy atom. The molecule has 2 rings (SSSR count). The molecule has 2 aromatic rings. The zero-order valence-corrected chi connectivity index (χ0v) is 10.2. The number of aromatic nitrogens is 2. The van der Waals surface area contributed by atoms with Crippen molar-refractivity contribution in [3.63, 3.8) is 0 Å². The van der Waals surface area contributed by atoms with Gasteiger partial charge >= 0.3 is 0 Å². The van der Waals surface area contributed by atoms with Crippen molar-refractivity contribution in [2.24, 2.45) is 5.84 Å². The van der Waals surface area contributed by atoms with Crippen molar-refractivity contribution in [2.75, 3.05) is 17.4 Å². The number of anilines is 2. The van der Waals surface area contributed by atoms with E-state index >= 15 is 0 Å². The van der Waals surface area contributed by atoms with E-state index in [1.165, 1.54) is 36.2 Å². The van der Waals surface area contributed by atoms with Crippen LogP contribution in [0.4, 0.5) is 15.9 Å². The quantitative estimate of drug-likeness (QED) is 0.640. The number of benzene rings is 1. The molecule has 1 heterocycles. The van der Waals surface area contributed by atoms with E-state index < -0.39 is 11.7 Å². The number of nitrogens with two attached hydrogens (primary N) is 1. The normalized spacial score (nSPS) is 10.1. The minimum absolute atomic E-state index is 0.102. The summed E-state index contributed by atoms with van der Waals surface area (Å²) in [6.07, 6.45) is 0. The number of nitrogens with one attached hydrogen (secondary N) is 1. The summed E-state index contributed by atoms with van der Waals surface area (Å²) in [5.41, 5.74) is 2.58. The molecule has 0 saturated carbocycles. The molecule has 0 aliphatic rings. The van der Waals surface area contributed by atoms with Gasteiger partial charge in [0.1, 0.15) is 5.82 Å². The second-order valence-corrected chi connectivity index (χ2v) is 3.76. The van der Waals surface area contributed by atoms with Gasteiger partial charge in [-0.25, -0.2) is 10.2 Å². The molecule has 0 atom stereocenters. The predicted octanol–water partition coefficient (Wildman–Crippen LogP) is 1.18. The third-order valence-corrected chi connectivity index (χ3v) is 2.55. The third kappa shape index (κ3) is 2.66. The number of hydrazine groups is 1. The molecule has 0 unspecified atom stereocenters. The molecule has 19 heavy (non-hydrogen) atoms. The lowest BCUT2D eigenvalue weighted by Crippen LogP contribution is -2.28. The van der Waals surface area contributed by atoms with Gasteiger partial charge in [0, 0.05) is 7.05 Å². The third-order valence-electron chi connectivity index (χ3n) is 2.55. The van der Waals surface area contributed by atoms with Crippen LogP contribution >= 0.6 is 0 Å². The van der Waals surface area contributed by atoms with Gasteiger partial charge in [-0.2, -0.15) is 0 Å². The minimum Gasteiger partial charge on any atom is -0.307 e. The number of hydrogen-bond donors (Lipinski definition) is 2. The van der Waals surface area contributed by atoms with Crippen molar-refractivity contribution < 1.29 is 9.18 Å². The van der Waals surface area contributed by atoms with Crippen molar-refractivity contribution in [2.45, 2.75) is 0 Å². The number of amides is 1. The van der Waals surface area contributed by atoms with Crippen molar-refractivity contribution in [1.29, 1.82) is 0 Å². The summed E-state index contributed by atoms with van der Waals surface area (Å²) in [4.78, 5) is 13.3. The molecule has 1 aromatic heterocycles. The maximum Gasteiger partial charge on any atom is 0.278 e. The standard InChI is InChI=1S/C12H12FN5O/c1-18(10-5-3-2-4-8(10)13)12(19)9-6-7-11(15-14)17-16-9/h2-7H,14H2,1H3,(H,15,17). The van der Waals surface area contributed by atoms with E-state index in [0.29, 0.717) is 5.82 Å². The highest BCUT2D eigenvalue weighted by Crippen LogP contribution is 2.18. The van der Waals surface area contributed by atoms with E-state index in [9.17, 15) is 9.18 Å². The summed E-state index contributed by atoms with van der Waals surface area (Å²) < 4.78 is 13.6. The maximum absolute atomic E-state index is 13.6. The number of carbonyl (C=O) groups excluding carboxylic acids is 1. The van der Waals surface area contributed by atoms with Gasteiger partial charge in [-0.15, -0.1) is 10.2 Å². The van der Waals surface area contributed by atoms with E-state index in [-0.39, 0.29) is 11.4 Å². The van der Waals surface area contributed by atoms with E-state index in [1.54, 1.807) is 12.1 Å². The summed E-state index contributed by atoms with van der Waals surface area (Å²) in [7, 11) is 1.47. The fourth-order valence-electron chi connectivity index (χ4n) is 1.53. The monoisotopic (exact) mass is 261 g/mol. The molecular formula is C12H12FN5O. The van der Waals surface area contributed by atoms with Crippen LogP contribution in [0.15, 0.2) is 36.4 Å². The van der Waals surface area contributed by atoms with E-state index in [1.807, 2.05) is 0 Å². The van der Waals surface area contributed by atoms with E-state index in [0.717, 1.165) is 0 Å². The molecule has 1 aromatic carbocycles. The van der Waals surface area contributed by atoms with Crippen molar-refractivity contribution >= 4 is 17.4 Å². The fraction of sp³-hybridized carbons (Fsp3) is 0.0833. The lowest BCUT2D eigenvalue weighted by atomic mass is 10.2. The Morgan fingerprint density at radius 3 is 2.58 bits per heavy atom. The summed E-state index contributed by atoms with van der Waals surface area (Å²) in [5.74, 6) is 4.55. The molecule has 0 bridgehead atoms. The first-order chi connectivity index (χ1) is 9.13. The molecule has 0 aliphatic carbocycles. The topological polar surface area (TPSA) is 84.1 Å². The molecule has 0 saturated heterocycles. The molecule has 0 spiro atoms. The molecule has 0 aliphatic heterocycles. The van der Waals surface area contributed by atoms with E-state index in [4.69, 9.17) is 5.84 Å². The van der Waals surface area contributed by atoms with Gasteiger partial charge in [0.25, 0.3) is 5.91 Å². The summed E-state index contributed by atoms with van der Waals surface area (Å²) in [6.45, 7) is 0. The fourth-order valence-corrected chi connectivity index (χ4v) is 1.53. The first-order valence-corrected chi connectivity index (χ1v) is 5.46. The molecule has 0 radical (unpaired) electrons. The molecule has 3 N–H and O–H groups in total. The van der Waals surface area contributed by atoms with Crippen LogP contribution in [0.1, 0.15) is 10.5 Å². The molecule has 7 heteroatoms. The number of halogens is 1. The maximum atomic E-state index is 13.6. The van der Waals surface area contributed by atoms with Gasteiger partial charge < -0.3 is 10.3 Å². The van der Waals surface area contributed by atoms with Crippen LogP contribution in [-0.2, 0) is 0 Å². The number of nitrogen functional groups attached to an aromatic ring is 1. The van der Waals surface area contributed by atoms with Crippen LogP contribution < -0.4 is 16.2 Å². The van der Waals surface area contributed by atoms with Crippen LogP contribution in [0.3, 0.4) is 0 Å². The number of rotatable bonds is 3. The SMILES string of the molecule is CN(C(=O)c1ccc(NN)nn1)c1ccccc1F. The highest BCUT2D eigenvalue weighted by molar-refractivity contribution is 6.04. The Balaban J connectivity index is 2.26. The Labute approximate surface area is 109 Å². The van der Waals surface area contributed by atoms with Crippen LogP contribution in [0, 0.1) is 5.82 Å². The Kier molecular flexibility index (Phi) is 3.67. The molecular weight excluding hydrogens is 249 g/mol. The first kappa shape index (κ1) is 12.9. The van der Waals surface area contributed by atoms with Crippen molar-refractivity contribution in [3.8, 4) is 0 Å². The second kappa shape index (κ2) is 5.40. The highest BCUT2D eigenvalue weighted by Gasteiger charge is 2.17. The van der Waals surface area contributed by atoms with Crippen LogP contribution in [-0.4, -0.2) is 23.2 Å². The molecule has 1 amide bonds. The van der Waals surface area contributed by atoms with Crippen molar-refractivity contribution in [1.82, 2.24) is 10.2 Å². The van der Waals surface area contributed by atoms with Crippen LogP contribution in [0.25, 0.3) is 0 Å². The van der Waals surface area contributed by atoms with Gasteiger partial charge in [-0.1, -0.05) is 12.1 Å². The number of nitrogens with zero attached hydrogens (tertiary/aromatic N) is 3. The molecule has 0 fully saturated rings. The highest BCUT2D eigenvalue weighted by atomic mass is 19.1.